The lowest BCUT2D eigenvalue weighted by Gasteiger charge is -2.32. The predicted octanol–water partition coefficient (Wildman–Crippen LogP) is 2.99. The summed E-state index contributed by atoms with van der Waals surface area (Å²) in [4.78, 5) is 17.4. The van der Waals surface area contributed by atoms with Crippen molar-refractivity contribution >= 4 is 17.3 Å². The van der Waals surface area contributed by atoms with Gasteiger partial charge in [-0.1, -0.05) is 12.1 Å². The molecule has 0 spiro atoms. The topological polar surface area (TPSA) is 99.3 Å². The molecule has 4 N–H and O–H groups in total. The second-order valence-electron chi connectivity index (χ2n) is 7.99. The van der Waals surface area contributed by atoms with E-state index in [9.17, 15) is 15.0 Å². The van der Waals surface area contributed by atoms with Gasteiger partial charge in [-0.2, -0.15) is 0 Å². The minimum atomic E-state index is -0.123. The zero-order chi connectivity index (χ0) is 23.1. The van der Waals surface area contributed by atoms with Gasteiger partial charge in [0.05, 0.1) is 25.9 Å². The third-order valence-corrected chi connectivity index (χ3v) is 5.20. The number of hydrogen-bond donors (Lipinski definition) is 3. The maximum absolute atomic E-state index is 13.7. The fraction of sp³-hybridized carbons (Fsp3) is 0.458. The van der Waals surface area contributed by atoms with Gasteiger partial charge in [-0.05, 0) is 52.0 Å². The molecule has 7 nitrogen and oxygen atoms in total. The number of anilines is 2. The molecule has 0 aliphatic heterocycles. The molecular formula is C24H35N3O4. The average Bonchev–Trinajstić information content (AvgIpc) is 2.72. The van der Waals surface area contributed by atoms with E-state index in [4.69, 9.17) is 10.5 Å². The maximum atomic E-state index is 13.7. The second-order valence-corrected chi connectivity index (χ2v) is 7.99. The minimum absolute atomic E-state index is 0.00542. The standard InChI is InChI=1S/C24H35N3O4/c1-16(2)27(17(3)4)24(30)23-19(7-6-8-22(23)31-5)20-15-18(25)9-10-21(20)26(11-13-28)12-14-29/h6-10,15-17,28-29H,11-14,25H2,1-5H3. The Balaban J connectivity index is 2.78. The maximum Gasteiger partial charge on any atom is 0.258 e. The molecule has 0 fully saturated rings. The monoisotopic (exact) mass is 429 g/mol. The fourth-order valence-corrected chi connectivity index (χ4v) is 3.98. The summed E-state index contributed by atoms with van der Waals surface area (Å²) >= 11 is 0. The molecule has 0 saturated heterocycles. The number of benzene rings is 2. The number of methoxy groups -OCH3 is 1. The molecular weight excluding hydrogens is 394 g/mol. The number of carbonyl (C=O) groups excluding carboxylic acids is 1. The number of ether oxygens (including phenoxy) is 1. The average molecular weight is 430 g/mol. The van der Waals surface area contributed by atoms with Crippen molar-refractivity contribution < 1.29 is 19.7 Å². The molecule has 1 amide bonds. The molecule has 0 aliphatic rings. The molecule has 0 radical (unpaired) electrons. The van der Waals surface area contributed by atoms with Crippen LogP contribution in [0.1, 0.15) is 38.1 Å². The third-order valence-electron chi connectivity index (χ3n) is 5.20. The first-order valence-electron chi connectivity index (χ1n) is 10.6. The van der Waals surface area contributed by atoms with Crippen LogP contribution >= 0.6 is 0 Å². The highest BCUT2D eigenvalue weighted by Crippen LogP contribution is 2.39. The van der Waals surface area contributed by atoms with Crippen LogP contribution < -0.4 is 15.4 Å². The van der Waals surface area contributed by atoms with Gasteiger partial charge in [-0.3, -0.25) is 4.79 Å². The summed E-state index contributed by atoms with van der Waals surface area (Å²) in [6.07, 6.45) is 0. The molecule has 0 heterocycles. The summed E-state index contributed by atoms with van der Waals surface area (Å²) in [6, 6.07) is 11.0. The third kappa shape index (κ3) is 5.48. The molecule has 0 unspecified atom stereocenters. The van der Waals surface area contributed by atoms with Gasteiger partial charge in [0.25, 0.3) is 5.91 Å². The number of nitrogens with zero attached hydrogens (tertiary/aromatic N) is 2. The van der Waals surface area contributed by atoms with Crippen molar-refractivity contribution in [1.29, 1.82) is 0 Å². The summed E-state index contributed by atoms with van der Waals surface area (Å²) in [6.45, 7) is 8.51. The lowest BCUT2D eigenvalue weighted by Crippen LogP contribution is -2.42. The van der Waals surface area contributed by atoms with Crippen molar-refractivity contribution in [2.75, 3.05) is 44.0 Å². The molecule has 0 aliphatic carbocycles. The molecule has 7 heteroatoms. The van der Waals surface area contributed by atoms with Gasteiger partial charge in [-0.15, -0.1) is 0 Å². The van der Waals surface area contributed by atoms with Gasteiger partial charge in [0.2, 0.25) is 0 Å². The fourth-order valence-electron chi connectivity index (χ4n) is 3.98. The van der Waals surface area contributed by atoms with Gasteiger partial charge < -0.3 is 30.5 Å². The van der Waals surface area contributed by atoms with E-state index < -0.39 is 0 Å². The van der Waals surface area contributed by atoms with Gasteiger partial charge in [0.15, 0.2) is 0 Å². The summed E-state index contributed by atoms with van der Waals surface area (Å²) in [7, 11) is 1.55. The zero-order valence-electron chi connectivity index (χ0n) is 19.1. The molecule has 2 aromatic rings. The summed E-state index contributed by atoms with van der Waals surface area (Å²) in [5, 5.41) is 19.1. The lowest BCUT2D eigenvalue weighted by atomic mass is 9.94. The highest BCUT2D eigenvalue weighted by Gasteiger charge is 2.28. The Kier molecular flexibility index (Phi) is 8.71. The highest BCUT2D eigenvalue weighted by molar-refractivity contribution is 6.05. The number of nitrogens with two attached hydrogens (primary N) is 1. The highest BCUT2D eigenvalue weighted by atomic mass is 16.5. The van der Waals surface area contributed by atoms with E-state index in [1.54, 1.807) is 19.2 Å². The largest absolute Gasteiger partial charge is 0.496 e. The number of nitrogen functional groups attached to an aromatic ring is 1. The van der Waals surface area contributed by atoms with Crippen molar-refractivity contribution in [3.05, 3.63) is 42.0 Å². The number of carbonyl (C=O) groups is 1. The van der Waals surface area contributed by atoms with E-state index in [-0.39, 0.29) is 31.2 Å². The lowest BCUT2D eigenvalue weighted by molar-refractivity contribution is 0.0641. The van der Waals surface area contributed by atoms with Gasteiger partial charge in [-0.25, -0.2) is 0 Å². The summed E-state index contributed by atoms with van der Waals surface area (Å²) in [5.41, 5.74) is 9.36. The van der Waals surface area contributed by atoms with Crippen molar-refractivity contribution in [2.45, 2.75) is 39.8 Å². The molecule has 31 heavy (non-hydrogen) atoms. The van der Waals surface area contributed by atoms with E-state index in [2.05, 4.69) is 0 Å². The number of amides is 1. The Morgan fingerprint density at radius 1 is 1.00 bits per heavy atom. The van der Waals surface area contributed by atoms with E-state index in [0.29, 0.717) is 35.7 Å². The Morgan fingerprint density at radius 3 is 2.13 bits per heavy atom. The van der Waals surface area contributed by atoms with E-state index in [0.717, 1.165) is 11.3 Å². The van der Waals surface area contributed by atoms with Crippen molar-refractivity contribution in [3.8, 4) is 16.9 Å². The van der Waals surface area contributed by atoms with Gasteiger partial charge >= 0.3 is 0 Å². The van der Waals surface area contributed by atoms with Crippen LogP contribution in [0.25, 0.3) is 11.1 Å². The first-order valence-corrected chi connectivity index (χ1v) is 10.6. The molecule has 0 aromatic heterocycles. The smallest absolute Gasteiger partial charge is 0.258 e. The van der Waals surface area contributed by atoms with E-state index in [1.165, 1.54) is 0 Å². The van der Waals surface area contributed by atoms with Gasteiger partial charge in [0, 0.05) is 47.7 Å². The van der Waals surface area contributed by atoms with Crippen LogP contribution in [0.4, 0.5) is 11.4 Å². The minimum Gasteiger partial charge on any atom is -0.496 e. The first-order chi connectivity index (χ1) is 14.8. The zero-order valence-corrected chi connectivity index (χ0v) is 19.1. The number of hydrogen-bond acceptors (Lipinski definition) is 6. The summed E-state index contributed by atoms with van der Waals surface area (Å²) in [5.74, 6) is 0.361. The molecule has 2 rings (SSSR count). The number of aliphatic hydroxyl groups excluding tert-OH is 2. The van der Waals surface area contributed by atoms with E-state index >= 15 is 0 Å². The SMILES string of the molecule is COc1cccc(-c2cc(N)ccc2N(CCO)CCO)c1C(=O)N(C(C)C)C(C)C. The first kappa shape index (κ1) is 24.5. The van der Waals surface area contributed by atoms with Crippen LogP contribution in [0.15, 0.2) is 36.4 Å². The van der Waals surface area contributed by atoms with E-state index in [1.807, 2.05) is 61.8 Å². The van der Waals surface area contributed by atoms with Crippen LogP contribution in [0, 0.1) is 0 Å². The van der Waals surface area contributed by atoms with Crippen LogP contribution in [-0.2, 0) is 0 Å². The Bertz CT molecular complexity index is 869. The predicted molar refractivity (Wildman–Crippen MR) is 126 cm³/mol. The van der Waals surface area contributed by atoms with Crippen LogP contribution in [0.3, 0.4) is 0 Å². The molecule has 0 atom stereocenters. The quantitative estimate of drug-likeness (QED) is 0.502. The van der Waals surface area contributed by atoms with Crippen LogP contribution in [0.5, 0.6) is 5.75 Å². The van der Waals surface area contributed by atoms with Crippen molar-refractivity contribution in [3.63, 3.8) is 0 Å². The number of aliphatic hydroxyl groups is 2. The normalized spacial score (nSPS) is 11.1. The molecule has 170 valence electrons. The van der Waals surface area contributed by atoms with Crippen LogP contribution in [-0.4, -0.2) is 66.5 Å². The molecule has 2 aromatic carbocycles. The second kappa shape index (κ2) is 11.0. The Hall–Kier alpha value is -2.77. The number of rotatable bonds is 10. The van der Waals surface area contributed by atoms with Crippen LogP contribution in [0.2, 0.25) is 0 Å². The van der Waals surface area contributed by atoms with Crippen molar-refractivity contribution in [2.24, 2.45) is 0 Å². The summed E-state index contributed by atoms with van der Waals surface area (Å²) < 4.78 is 5.59. The molecule has 0 saturated carbocycles. The Morgan fingerprint density at radius 2 is 1.61 bits per heavy atom. The van der Waals surface area contributed by atoms with Crippen molar-refractivity contribution in [1.82, 2.24) is 4.90 Å². The Labute approximate surface area is 185 Å². The van der Waals surface area contributed by atoms with Gasteiger partial charge in [0.1, 0.15) is 5.75 Å². The molecule has 0 bridgehead atoms.